The highest BCUT2D eigenvalue weighted by Gasteiger charge is 2.15. The average molecular weight is 307 g/mol. The number of hydrogen-bond acceptors (Lipinski definition) is 6. The molecule has 0 unspecified atom stereocenters. The zero-order valence-electron chi connectivity index (χ0n) is 11.9. The summed E-state index contributed by atoms with van der Waals surface area (Å²) in [5, 5.41) is 0. The highest BCUT2D eigenvalue weighted by Crippen LogP contribution is 2.32. The van der Waals surface area contributed by atoms with Crippen LogP contribution in [0.3, 0.4) is 0 Å². The number of carbonyl (C=O) groups is 1. The van der Waals surface area contributed by atoms with E-state index in [2.05, 4.69) is 0 Å². The molecule has 0 aliphatic carbocycles. The van der Waals surface area contributed by atoms with Gasteiger partial charge in [-0.15, -0.1) is 11.8 Å². The summed E-state index contributed by atoms with van der Waals surface area (Å²) in [5.41, 5.74) is 7.05. The van der Waals surface area contributed by atoms with Crippen LogP contribution in [0.25, 0.3) is 0 Å². The van der Waals surface area contributed by atoms with Gasteiger partial charge >= 0.3 is 5.97 Å². The molecular weight excluding hydrogens is 290 g/mol. The molecular formula is C15H17NO4S. The molecule has 2 N–H and O–H groups in total. The SMILES string of the molecule is CCOc1ccc(N)c(SCc2occc2C(=O)OC)c1. The number of thioether (sulfide) groups is 1. The number of nitrogens with two attached hydrogens (primary N) is 1. The Labute approximate surface area is 127 Å². The topological polar surface area (TPSA) is 74.7 Å². The molecule has 0 bridgehead atoms. The standard InChI is InChI=1S/C15H17NO4S/c1-3-19-10-4-5-12(16)14(8-10)21-9-13-11(6-7-20-13)15(17)18-2/h4-8H,3,9,16H2,1-2H3. The summed E-state index contributed by atoms with van der Waals surface area (Å²) in [6.07, 6.45) is 1.47. The van der Waals surface area contributed by atoms with Crippen LogP contribution in [0.2, 0.25) is 0 Å². The van der Waals surface area contributed by atoms with Crippen LogP contribution in [0.5, 0.6) is 5.75 Å². The summed E-state index contributed by atoms with van der Waals surface area (Å²) in [5.74, 6) is 1.40. The fourth-order valence-electron chi connectivity index (χ4n) is 1.78. The molecule has 2 aromatic rings. The Hall–Kier alpha value is -2.08. The van der Waals surface area contributed by atoms with E-state index >= 15 is 0 Å². The minimum absolute atomic E-state index is 0.407. The largest absolute Gasteiger partial charge is 0.494 e. The molecule has 1 heterocycles. The Morgan fingerprint density at radius 2 is 2.19 bits per heavy atom. The van der Waals surface area contributed by atoms with E-state index in [4.69, 9.17) is 19.6 Å². The van der Waals surface area contributed by atoms with Crippen molar-refractivity contribution in [2.45, 2.75) is 17.6 Å². The molecule has 0 radical (unpaired) electrons. The third-order valence-electron chi connectivity index (χ3n) is 2.81. The molecule has 1 aromatic heterocycles. The van der Waals surface area contributed by atoms with Crippen LogP contribution in [0.4, 0.5) is 5.69 Å². The molecule has 0 spiro atoms. The lowest BCUT2D eigenvalue weighted by Gasteiger charge is -2.08. The van der Waals surface area contributed by atoms with Crippen molar-refractivity contribution in [1.82, 2.24) is 0 Å². The maximum absolute atomic E-state index is 11.6. The van der Waals surface area contributed by atoms with Crippen molar-refractivity contribution in [3.05, 3.63) is 41.9 Å². The number of carbonyl (C=O) groups excluding carboxylic acids is 1. The van der Waals surface area contributed by atoms with Gasteiger partial charge in [-0.25, -0.2) is 4.79 Å². The monoisotopic (exact) mass is 307 g/mol. The van der Waals surface area contributed by atoms with Crippen LogP contribution < -0.4 is 10.5 Å². The van der Waals surface area contributed by atoms with Crippen molar-refractivity contribution in [2.24, 2.45) is 0 Å². The first-order valence-electron chi connectivity index (χ1n) is 6.45. The van der Waals surface area contributed by atoms with E-state index in [0.717, 1.165) is 10.6 Å². The van der Waals surface area contributed by atoms with Crippen molar-refractivity contribution < 1.29 is 18.7 Å². The number of benzene rings is 1. The number of methoxy groups -OCH3 is 1. The minimum atomic E-state index is -0.407. The highest BCUT2D eigenvalue weighted by molar-refractivity contribution is 7.98. The van der Waals surface area contributed by atoms with Crippen molar-refractivity contribution in [3.63, 3.8) is 0 Å². The van der Waals surface area contributed by atoms with E-state index in [9.17, 15) is 4.79 Å². The van der Waals surface area contributed by atoms with Crippen LogP contribution in [-0.4, -0.2) is 19.7 Å². The van der Waals surface area contributed by atoms with Gasteiger partial charge in [0.05, 0.1) is 25.7 Å². The van der Waals surface area contributed by atoms with Gasteiger partial charge in [0, 0.05) is 10.6 Å². The minimum Gasteiger partial charge on any atom is -0.494 e. The van der Waals surface area contributed by atoms with Crippen LogP contribution >= 0.6 is 11.8 Å². The molecule has 0 saturated heterocycles. The Kier molecular flexibility index (Phi) is 5.16. The van der Waals surface area contributed by atoms with E-state index in [-0.39, 0.29) is 0 Å². The van der Waals surface area contributed by atoms with Gasteiger partial charge in [0.2, 0.25) is 0 Å². The number of nitrogen functional groups attached to an aromatic ring is 1. The summed E-state index contributed by atoms with van der Waals surface area (Å²) in [4.78, 5) is 12.5. The molecule has 2 rings (SSSR count). The summed E-state index contributed by atoms with van der Waals surface area (Å²) >= 11 is 1.48. The van der Waals surface area contributed by atoms with Crippen molar-refractivity contribution >= 4 is 23.4 Å². The molecule has 112 valence electrons. The number of anilines is 1. The van der Waals surface area contributed by atoms with Gasteiger partial charge in [0.1, 0.15) is 17.1 Å². The summed E-state index contributed by atoms with van der Waals surface area (Å²) in [7, 11) is 1.34. The Balaban J connectivity index is 2.11. The van der Waals surface area contributed by atoms with Gasteiger partial charge in [0.25, 0.3) is 0 Å². The molecule has 1 aromatic carbocycles. The molecule has 21 heavy (non-hydrogen) atoms. The quantitative estimate of drug-likeness (QED) is 0.501. The molecule has 0 saturated carbocycles. The lowest BCUT2D eigenvalue weighted by molar-refractivity contribution is 0.0598. The van der Waals surface area contributed by atoms with E-state index in [1.165, 1.54) is 25.1 Å². The predicted molar refractivity (Wildman–Crippen MR) is 81.6 cm³/mol. The number of hydrogen-bond donors (Lipinski definition) is 1. The van der Waals surface area contributed by atoms with Gasteiger partial charge in [0.15, 0.2) is 0 Å². The molecule has 5 nitrogen and oxygen atoms in total. The van der Waals surface area contributed by atoms with Crippen LogP contribution in [0, 0.1) is 0 Å². The first-order valence-corrected chi connectivity index (χ1v) is 7.44. The highest BCUT2D eigenvalue weighted by atomic mass is 32.2. The maximum atomic E-state index is 11.6. The fourth-order valence-corrected chi connectivity index (χ4v) is 2.73. The van der Waals surface area contributed by atoms with Gasteiger partial charge in [-0.05, 0) is 31.2 Å². The number of furan rings is 1. The zero-order chi connectivity index (χ0) is 15.2. The first-order chi connectivity index (χ1) is 10.2. The summed E-state index contributed by atoms with van der Waals surface area (Å²) < 4.78 is 15.5. The van der Waals surface area contributed by atoms with Crippen molar-refractivity contribution in [3.8, 4) is 5.75 Å². The molecule has 0 aliphatic heterocycles. The van der Waals surface area contributed by atoms with E-state index in [1.807, 2.05) is 19.1 Å². The number of ether oxygens (including phenoxy) is 2. The summed E-state index contributed by atoms with van der Waals surface area (Å²) in [6, 6.07) is 7.11. The second-order valence-corrected chi connectivity index (χ2v) is 5.19. The van der Waals surface area contributed by atoms with E-state index in [0.29, 0.717) is 29.4 Å². The lowest BCUT2D eigenvalue weighted by atomic mass is 10.3. The predicted octanol–water partition coefficient (Wildman–Crippen LogP) is 3.34. The van der Waals surface area contributed by atoms with Crippen molar-refractivity contribution in [1.29, 1.82) is 0 Å². The van der Waals surface area contributed by atoms with Crippen molar-refractivity contribution in [2.75, 3.05) is 19.5 Å². The van der Waals surface area contributed by atoms with Gasteiger partial charge in [-0.1, -0.05) is 0 Å². The van der Waals surface area contributed by atoms with E-state index in [1.54, 1.807) is 12.1 Å². The molecule has 0 atom stereocenters. The number of esters is 1. The Morgan fingerprint density at radius 3 is 2.90 bits per heavy atom. The Morgan fingerprint density at radius 1 is 1.38 bits per heavy atom. The first kappa shape index (κ1) is 15.3. The van der Waals surface area contributed by atoms with E-state index < -0.39 is 5.97 Å². The smallest absolute Gasteiger partial charge is 0.341 e. The van der Waals surface area contributed by atoms with Crippen LogP contribution in [0.1, 0.15) is 23.0 Å². The molecule has 0 aliphatic rings. The molecule has 0 fully saturated rings. The average Bonchev–Trinajstić information content (AvgIpc) is 2.95. The normalized spacial score (nSPS) is 10.4. The second kappa shape index (κ2) is 7.08. The maximum Gasteiger partial charge on any atom is 0.341 e. The molecule has 0 amide bonds. The fraction of sp³-hybridized carbons (Fsp3) is 0.267. The molecule has 6 heteroatoms. The Bertz CT molecular complexity index is 624. The summed E-state index contributed by atoms with van der Waals surface area (Å²) in [6.45, 7) is 2.52. The van der Waals surface area contributed by atoms with Crippen LogP contribution in [0.15, 0.2) is 39.8 Å². The zero-order valence-corrected chi connectivity index (χ0v) is 12.7. The van der Waals surface area contributed by atoms with Gasteiger partial charge in [-0.2, -0.15) is 0 Å². The lowest BCUT2D eigenvalue weighted by Crippen LogP contribution is -2.02. The number of rotatable bonds is 6. The van der Waals surface area contributed by atoms with Gasteiger partial charge in [-0.3, -0.25) is 0 Å². The third-order valence-corrected chi connectivity index (χ3v) is 3.88. The second-order valence-electron chi connectivity index (χ2n) is 4.17. The van der Waals surface area contributed by atoms with Crippen LogP contribution in [-0.2, 0) is 10.5 Å². The van der Waals surface area contributed by atoms with Gasteiger partial charge < -0.3 is 19.6 Å². The third kappa shape index (κ3) is 3.72.